The first-order chi connectivity index (χ1) is 24.2. The van der Waals surface area contributed by atoms with E-state index in [1.807, 2.05) is 127 Å². The van der Waals surface area contributed by atoms with Crippen LogP contribution in [0.25, 0.3) is 73.1 Å². The van der Waals surface area contributed by atoms with Crippen molar-refractivity contribution in [2.45, 2.75) is 13.3 Å². The Morgan fingerprint density at radius 2 is 1.08 bits per heavy atom. The number of nitriles is 1. The molecule has 8 rings (SSSR count). The van der Waals surface area contributed by atoms with Crippen LogP contribution in [0, 0.1) is 11.3 Å². The minimum Gasteiger partial charge on any atom is -0.296 e. The lowest BCUT2D eigenvalue weighted by molar-refractivity contribution is 0.909. The molecule has 0 aliphatic rings. The van der Waals surface area contributed by atoms with E-state index in [1.165, 1.54) is 0 Å². The molecule has 0 radical (unpaired) electrons. The molecule has 0 unspecified atom stereocenters. The second-order valence-corrected chi connectivity index (χ2v) is 11.7. The summed E-state index contributed by atoms with van der Waals surface area (Å²) in [7, 11) is 0. The van der Waals surface area contributed by atoms with Crippen LogP contribution in [0.1, 0.15) is 18.3 Å². The number of imidazole rings is 1. The van der Waals surface area contributed by atoms with Gasteiger partial charge in [0.25, 0.3) is 0 Å². The highest BCUT2D eigenvalue weighted by atomic mass is 15.1. The van der Waals surface area contributed by atoms with Crippen LogP contribution < -0.4 is 0 Å². The molecule has 0 aliphatic carbocycles. The van der Waals surface area contributed by atoms with Gasteiger partial charge in [0.1, 0.15) is 5.82 Å². The standard InChI is InChI=1S/C43H30N6/c1-2-40-45-37-22-12-14-24-39(37)49(40)38-23-13-11-19-34(38)31-25-26-33(32(27-31)28-44)35-20-9-10-21-36(35)43-47-41(29-15-5-3-6-16-29)46-42(48-43)30-17-7-4-8-18-30/h3-27H,2H2,1H3. The Balaban J connectivity index is 1.27. The predicted octanol–water partition coefficient (Wildman–Crippen LogP) is 9.98. The Hall–Kier alpha value is -6.71. The Morgan fingerprint density at radius 3 is 1.76 bits per heavy atom. The van der Waals surface area contributed by atoms with E-state index in [0.717, 1.165) is 67.9 Å². The highest BCUT2D eigenvalue weighted by molar-refractivity contribution is 5.88. The molecule has 0 N–H and O–H groups in total. The summed E-state index contributed by atoms with van der Waals surface area (Å²) in [5, 5.41) is 10.6. The summed E-state index contributed by atoms with van der Waals surface area (Å²) in [6.45, 7) is 2.12. The van der Waals surface area contributed by atoms with Crippen molar-refractivity contribution in [1.82, 2.24) is 24.5 Å². The van der Waals surface area contributed by atoms with Crippen LogP contribution >= 0.6 is 0 Å². The molecule has 49 heavy (non-hydrogen) atoms. The average Bonchev–Trinajstić information content (AvgIpc) is 3.57. The van der Waals surface area contributed by atoms with Crippen LogP contribution in [0.2, 0.25) is 0 Å². The van der Waals surface area contributed by atoms with Gasteiger partial charge in [-0.2, -0.15) is 5.26 Å². The monoisotopic (exact) mass is 630 g/mol. The number of rotatable bonds is 7. The van der Waals surface area contributed by atoms with E-state index in [9.17, 15) is 5.26 Å². The lowest BCUT2D eigenvalue weighted by Gasteiger charge is -2.16. The van der Waals surface area contributed by atoms with Crippen LogP contribution in [0.4, 0.5) is 0 Å². The second-order valence-electron chi connectivity index (χ2n) is 11.7. The Bertz CT molecular complexity index is 2440. The Labute approximate surface area is 284 Å². The molecule has 0 saturated carbocycles. The maximum atomic E-state index is 10.6. The number of hydrogen-bond acceptors (Lipinski definition) is 5. The van der Waals surface area contributed by atoms with Gasteiger partial charge in [-0.15, -0.1) is 0 Å². The fraction of sp³-hybridized carbons (Fsp3) is 0.0465. The molecule has 0 amide bonds. The summed E-state index contributed by atoms with van der Waals surface area (Å²) < 4.78 is 2.23. The van der Waals surface area contributed by atoms with Gasteiger partial charge >= 0.3 is 0 Å². The fourth-order valence-corrected chi connectivity index (χ4v) is 6.38. The summed E-state index contributed by atoms with van der Waals surface area (Å²) in [4.78, 5) is 19.7. The van der Waals surface area contributed by atoms with Gasteiger partial charge in [-0.3, -0.25) is 4.57 Å². The van der Waals surface area contributed by atoms with Crippen LogP contribution in [0.5, 0.6) is 0 Å². The molecule has 0 spiro atoms. The van der Waals surface area contributed by atoms with E-state index in [4.69, 9.17) is 19.9 Å². The fourth-order valence-electron chi connectivity index (χ4n) is 6.38. The summed E-state index contributed by atoms with van der Waals surface area (Å²) in [6, 6.07) is 53.0. The summed E-state index contributed by atoms with van der Waals surface area (Å²) in [6.07, 6.45) is 0.789. The van der Waals surface area contributed by atoms with Gasteiger partial charge in [0, 0.05) is 34.2 Å². The topological polar surface area (TPSA) is 80.3 Å². The minimum absolute atomic E-state index is 0.542. The zero-order valence-electron chi connectivity index (χ0n) is 26.8. The van der Waals surface area contributed by atoms with E-state index < -0.39 is 0 Å². The third-order valence-corrected chi connectivity index (χ3v) is 8.70. The van der Waals surface area contributed by atoms with Gasteiger partial charge in [0.05, 0.1) is 28.4 Å². The second kappa shape index (κ2) is 12.8. The van der Waals surface area contributed by atoms with Gasteiger partial charge in [0.2, 0.25) is 0 Å². The zero-order valence-corrected chi connectivity index (χ0v) is 26.8. The molecule has 0 atom stereocenters. The van der Waals surface area contributed by atoms with Gasteiger partial charge in [-0.05, 0) is 35.4 Å². The normalized spacial score (nSPS) is 11.0. The molecular weight excluding hydrogens is 601 g/mol. The predicted molar refractivity (Wildman–Crippen MR) is 196 cm³/mol. The molecule has 6 heteroatoms. The summed E-state index contributed by atoms with van der Waals surface area (Å²) in [5.74, 6) is 2.71. The maximum Gasteiger partial charge on any atom is 0.164 e. The average molecular weight is 631 g/mol. The lowest BCUT2D eigenvalue weighted by Crippen LogP contribution is -2.02. The van der Waals surface area contributed by atoms with Crippen LogP contribution in [-0.2, 0) is 6.42 Å². The maximum absolute atomic E-state index is 10.6. The van der Waals surface area contributed by atoms with Crippen molar-refractivity contribution in [3.8, 4) is 68.2 Å². The molecule has 2 heterocycles. The molecule has 6 nitrogen and oxygen atoms in total. The molecule has 6 aromatic carbocycles. The number of hydrogen-bond donors (Lipinski definition) is 0. The highest BCUT2D eigenvalue weighted by Gasteiger charge is 2.19. The summed E-state index contributed by atoms with van der Waals surface area (Å²) in [5.41, 5.74) is 9.88. The van der Waals surface area contributed by atoms with Crippen molar-refractivity contribution in [1.29, 1.82) is 5.26 Å². The lowest BCUT2D eigenvalue weighted by atomic mass is 9.92. The van der Waals surface area contributed by atoms with Gasteiger partial charge in [0.15, 0.2) is 17.5 Å². The molecule has 8 aromatic rings. The first kappa shape index (κ1) is 29.7. The van der Waals surface area contributed by atoms with E-state index in [0.29, 0.717) is 23.0 Å². The molecule has 232 valence electrons. The highest BCUT2D eigenvalue weighted by Crippen LogP contribution is 2.37. The molecule has 0 saturated heterocycles. The van der Waals surface area contributed by atoms with Crippen LogP contribution in [0.3, 0.4) is 0 Å². The van der Waals surface area contributed by atoms with Crippen molar-refractivity contribution < 1.29 is 0 Å². The Morgan fingerprint density at radius 1 is 0.510 bits per heavy atom. The van der Waals surface area contributed by atoms with E-state index in [2.05, 4.69) is 41.8 Å². The molecule has 2 aromatic heterocycles. The smallest absolute Gasteiger partial charge is 0.164 e. The van der Waals surface area contributed by atoms with Crippen molar-refractivity contribution >= 4 is 11.0 Å². The number of fused-ring (bicyclic) bond motifs is 1. The quantitative estimate of drug-likeness (QED) is 0.175. The van der Waals surface area contributed by atoms with E-state index in [1.54, 1.807) is 0 Å². The zero-order chi connectivity index (χ0) is 33.2. The van der Waals surface area contributed by atoms with Crippen molar-refractivity contribution in [3.05, 3.63) is 163 Å². The molecular formula is C43H30N6. The SMILES string of the molecule is CCc1nc2ccccc2n1-c1ccccc1-c1ccc(-c2ccccc2-c2nc(-c3ccccc3)nc(-c3ccccc3)n2)c(C#N)c1. The van der Waals surface area contributed by atoms with Crippen molar-refractivity contribution in [2.75, 3.05) is 0 Å². The first-order valence-electron chi connectivity index (χ1n) is 16.3. The number of aromatic nitrogens is 5. The van der Waals surface area contributed by atoms with Gasteiger partial charge in [-0.25, -0.2) is 19.9 Å². The van der Waals surface area contributed by atoms with Gasteiger partial charge in [-0.1, -0.05) is 134 Å². The molecule has 0 fully saturated rings. The minimum atomic E-state index is 0.542. The molecule has 0 bridgehead atoms. The number of benzene rings is 6. The number of aryl methyl sites for hydroxylation is 1. The van der Waals surface area contributed by atoms with E-state index >= 15 is 0 Å². The van der Waals surface area contributed by atoms with E-state index in [-0.39, 0.29) is 0 Å². The van der Waals surface area contributed by atoms with Crippen LogP contribution in [0.15, 0.2) is 152 Å². The summed E-state index contributed by atoms with van der Waals surface area (Å²) >= 11 is 0. The third kappa shape index (κ3) is 5.54. The van der Waals surface area contributed by atoms with Crippen LogP contribution in [-0.4, -0.2) is 24.5 Å². The van der Waals surface area contributed by atoms with Crippen molar-refractivity contribution in [2.24, 2.45) is 0 Å². The third-order valence-electron chi connectivity index (χ3n) is 8.70. The first-order valence-corrected chi connectivity index (χ1v) is 16.3. The largest absolute Gasteiger partial charge is 0.296 e. The van der Waals surface area contributed by atoms with Gasteiger partial charge < -0.3 is 0 Å². The van der Waals surface area contributed by atoms with Crippen molar-refractivity contribution in [3.63, 3.8) is 0 Å². The number of nitrogens with zero attached hydrogens (tertiary/aromatic N) is 6. The molecule has 0 aliphatic heterocycles. The number of para-hydroxylation sites is 3. The Kier molecular flexibility index (Phi) is 7.77.